The molecule has 2 N–H and O–H groups in total. The highest BCUT2D eigenvalue weighted by molar-refractivity contribution is 7.89. The van der Waals surface area contributed by atoms with Crippen LogP contribution in [0.15, 0.2) is 59.5 Å². The van der Waals surface area contributed by atoms with Crippen LogP contribution >= 0.6 is 0 Å². The second-order valence-corrected chi connectivity index (χ2v) is 8.60. The van der Waals surface area contributed by atoms with Crippen LogP contribution in [0.25, 0.3) is 0 Å². The molecule has 1 fully saturated rings. The minimum atomic E-state index is -4.44. The molecule has 0 saturated carbocycles. The summed E-state index contributed by atoms with van der Waals surface area (Å²) >= 11 is 0. The van der Waals surface area contributed by atoms with Crippen molar-refractivity contribution in [1.82, 2.24) is 9.62 Å². The van der Waals surface area contributed by atoms with Crippen molar-refractivity contribution in [2.24, 2.45) is 0 Å². The lowest BCUT2D eigenvalue weighted by atomic mass is 10.1. The summed E-state index contributed by atoms with van der Waals surface area (Å²) in [5, 5.41) is 5.22. The summed E-state index contributed by atoms with van der Waals surface area (Å²) < 4.78 is 64.3. The van der Waals surface area contributed by atoms with E-state index in [1.807, 2.05) is 0 Å². The van der Waals surface area contributed by atoms with Crippen molar-refractivity contribution in [1.29, 1.82) is 0 Å². The van der Waals surface area contributed by atoms with Crippen molar-refractivity contribution in [2.45, 2.75) is 30.0 Å². The SMILES string of the molecule is O=C(Nc1ccc(C(F)(F)F)cc1)NC1CCN(S(=O)(=O)c2ccccc2)CC1. The molecule has 0 radical (unpaired) electrons. The maximum absolute atomic E-state index is 12.6. The highest BCUT2D eigenvalue weighted by Crippen LogP contribution is 2.29. The maximum atomic E-state index is 12.6. The Bertz CT molecular complexity index is 940. The Balaban J connectivity index is 1.51. The van der Waals surface area contributed by atoms with Crippen molar-refractivity contribution in [2.75, 3.05) is 18.4 Å². The van der Waals surface area contributed by atoms with E-state index in [1.165, 1.54) is 28.6 Å². The van der Waals surface area contributed by atoms with E-state index in [2.05, 4.69) is 10.6 Å². The Labute approximate surface area is 166 Å². The van der Waals surface area contributed by atoms with Crippen LogP contribution in [-0.4, -0.2) is 37.9 Å². The molecule has 2 aromatic carbocycles. The first-order valence-electron chi connectivity index (χ1n) is 8.96. The number of amides is 2. The fourth-order valence-electron chi connectivity index (χ4n) is 3.08. The van der Waals surface area contributed by atoms with Crippen molar-refractivity contribution in [3.05, 3.63) is 60.2 Å². The molecule has 2 aromatic rings. The number of nitrogens with zero attached hydrogens (tertiary/aromatic N) is 1. The third-order valence-corrected chi connectivity index (χ3v) is 6.55. The van der Waals surface area contributed by atoms with Gasteiger partial charge in [0.1, 0.15) is 0 Å². The summed E-state index contributed by atoms with van der Waals surface area (Å²) in [7, 11) is -3.57. The smallest absolute Gasteiger partial charge is 0.335 e. The lowest BCUT2D eigenvalue weighted by Gasteiger charge is -2.31. The summed E-state index contributed by atoms with van der Waals surface area (Å²) in [5.41, 5.74) is -0.560. The van der Waals surface area contributed by atoms with Gasteiger partial charge in [0.05, 0.1) is 10.5 Å². The van der Waals surface area contributed by atoms with Gasteiger partial charge in [0, 0.05) is 24.8 Å². The van der Waals surface area contributed by atoms with Crippen LogP contribution in [0.1, 0.15) is 18.4 Å². The topological polar surface area (TPSA) is 78.5 Å². The number of carbonyl (C=O) groups is 1. The molecule has 0 aliphatic carbocycles. The predicted molar refractivity (Wildman–Crippen MR) is 102 cm³/mol. The first kappa shape index (κ1) is 21.1. The van der Waals surface area contributed by atoms with Crippen molar-refractivity contribution >= 4 is 21.7 Å². The molecule has 0 atom stereocenters. The van der Waals surface area contributed by atoms with E-state index in [0.29, 0.717) is 12.8 Å². The van der Waals surface area contributed by atoms with Crippen LogP contribution in [0.5, 0.6) is 0 Å². The van der Waals surface area contributed by atoms with E-state index in [9.17, 15) is 26.4 Å². The zero-order valence-corrected chi connectivity index (χ0v) is 16.1. The zero-order valence-electron chi connectivity index (χ0n) is 15.3. The number of alkyl halides is 3. The number of hydrogen-bond donors (Lipinski definition) is 2. The maximum Gasteiger partial charge on any atom is 0.416 e. The van der Waals surface area contributed by atoms with Gasteiger partial charge in [0.25, 0.3) is 0 Å². The summed E-state index contributed by atoms with van der Waals surface area (Å²) in [5.74, 6) is 0. The van der Waals surface area contributed by atoms with Crippen molar-refractivity contribution in [3.8, 4) is 0 Å². The Morgan fingerprint density at radius 1 is 0.966 bits per heavy atom. The molecular formula is C19H20F3N3O3S. The molecule has 10 heteroatoms. The van der Waals surface area contributed by atoms with E-state index >= 15 is 0 Å². The third-order valence-electron chi connectivity index (χ3n) is 4.64. The largest absolute Gasteiger partial charge is 0.416 e. The first-order valence-corrected chi connectivity index (χ1v) is 10.4. The summed E-state index contributed by atoms with van der Waals surface area (Å²) in [6, 6.07) is 11.5. The molecule has 0 bridgehead atoms. The average molecular weight is 427 g/mol. The van der Waals surface area contributed by atoms with Gasteiger partial charge in [-0.05, 0) is 49.2 Å². The van der Waals surface area contributed by atoms with Crippen molar-refractivity contribution < 1.29 is 26.4 Å². The number of halogens is 3. The van der Waals surface area contributed by atoms with Gasteiger partial charge in [0.15, 0.2) is 0 Å². The molecule has 1 heterocycles. The molecule has 0 unspecified atom stereocenters. The number of urea groups is 1. The van der Waals surface area contributed by atoms with Crippen LogP contribution in [-0.2, 0) is 16.2 Å². The predicted octanol–water partition coefficient (Wildman–Crippen LogP) is 3.68. The van der Waals surface area contributed by atoms with Crippen molar-refractivity contribution in [3.63, 3.8) is 0 Å². The molecule has 6 nitrogen and oxygen atoms in total. The molecule has 0 aromatic heterocycles. The quantitative estimate of drug-likeness (QED) is 0.781. The lowest BCUT2D eigenvalue weighted by Crippen LogP contribution is -2.47. The summed E-state index contributed by atoms with van der Waals surface area (Å²) in [4.78, 5) is 12.3. The molecule has 2 amide bonds. The third kappa shape index (κ3) is 5.27. The second kappa shape index (κ2) is 8.42. The van der Waals surface area contributed by atoms with Gasteiger partial charge in [0.2, 0.25) is 10.0 Å². The summed E-state index contributed by atoms with van der Waals surface area (Å²) in [6.07, 6.45) is -3.56. The minimum Gasteiger partial charge on any atom is -0.335 e. The van der Waals surface area contributed by atoms with E-state index in [0.717, 1.165) is 12.1 Å². The van der Waals surface area contributed by atoms with Crippen LogP contribution in [0.2, 0.25) is 0 Å². The standard InChI is InChI=1S/C19H20F3N3O3S/c20-19(21,22)14-6-8-15(9-7-14)23-18(26)24-16-10-12-25(13-11-16)29(27,28)17-4-2-1-3-5-17/h1-9,16H,10-13H2,(H2,23,24,26). The van der Waals surface area contributed by atoms with Gasteiger partial charge in [-0.25, -0.2) is 13.2 Å². The van der Waals surface area contributed by atoms with Gasteiger partial charge in [-0.15, -0.1) is 0 Å². The number of nitrogens with one attached hydrogen (secondary N) is 2. The highest BCUT2D eigenvalue weighted by atomic mass is 32.2. The number of sulfonamides is 1. The normalized spacial score (nSPS) is 16.4. The fourth-order valence-corrected chi connectivity index (χ4v) is 4.57. The Hall–Kier alpha value is -2.59. The zero-order chi connectivity index (χ0) is 21.1. The second-order valence-electron chi connectivity index (χ2n) is 6.66. The molecule has 1 aliphatic rings. The van der Waals surface area contributed by atoms with Gasteiger partial charge >= 0.3 is 12.2 Å². The highest BCUT2D eigenvalue weighted by Gasteiger charge is 2.31. The number of anilines is 1. The monoisotopic (exact) mass is 427 g/mol. The molecule has 1 saturated heterocycles. The number of benzene rings is 2. The molecule has 156 valence electrons. The Kier molecular flexibility index (Phi) is 6.13. The number of hydrogen-bond acceptors (Lipinski definition) is 3. The molecule has 1 aliphatic heterocycles. The molecule has 29 heavy (non-hydrogen) atoms. The van der Waals surface area contributed by atoms with E-state index < -0.39 is 27.8 Å². The fraction of sp³-hybridized carbons (Fsp3) is 0.316. The van der Waals surface area contributed by atoms with Crippen LogP contribution in [0.4, 0.5) is 23.7 Å². The molecule has 3 rings (SSSR count). The van der Waals surface area contributed by atoms with E-state index in [1.54, 1.807) is 18.2 Å². The number of rotatable bonds is 4. The van der Waals surface area contributed by atoms with E-state index in [-0.39, 0.29) is 29.7 Å². The number of carbonyl (C=O) groups excluding carboxylic acids is 1. The van der Waals surface area contributed by atoms with Gasteiger partial charge in [-0.3, -0.25) is 0 Å². The van der Waals surface area contributed by atoms with Gasteiger partial charge < -0.3 is 10.6 Å². The minimum absolute atomic E-state index is 0.228. The molecule has 0 spiro atoms. The molecular weight excluding hydrogens is 407 g/mol. The average Bonchev–Trinajstić information content (AvgIpc) is 2.69. The van der Waals surface area contributed by atoms with E-state index in [4.69, 9.17) is 0 Å². The Morgan fingerprint density at radius 2 is 1.55 bits per heavy atom. The summed E-state index contributed by atoms with van der Waals surface area (Å²) in [6.45, 7) is 0.533. The first-order chi connectivity index (χ1) is 13.7. The van der Waals surface area contributed by atoms with Gasteiger partial charge in [-0.2, -0.15) is 17.5 Å². The van der Waals surface area contributed by atoms with Gasteiger partial charge in [-0.1, -0.05) is 18.2 Å². The Morgan fingerprint density at radius 3 is 2.10 bits per heavy atom. The number of piperidine rings is 1. The van der Waals surface area contributed by atoms with Crippen LogP contribution in [0, 0.1) is 0 Å². The lowest BCUT2D eigenvalue weighted by molar-refractivity contribution is -0.137. The van der Waals surface area contributed by atoms with Crippen LogP contribution < -0.4 is 10.6 Å². The van der Waals surface area contributed by atoms with Crippen LogP contribution in [0.3, 0.4) is 0 Å².